The van der Waals surface area contributed by atoms with E-state index in [1.807, 2.05) is 0 Å². The summed E-state index contributed by atoms with van der Waals surface area (Å²) in [6.07, 6.45) is 9.74. The van der Waals surface area contributed by atoms with Gasteiger partial charge >= 0.3 is 0 Å². The van der Waals surface area contributed by atoms with Crippen molar-refractivity contribution in [2.24, 2.45) is 0 Å². The first-order chi connectivity index (χ1) is 10.3. The fourth-order valence-electron chi connectivity index (χ4n) is 4.52. The van der Waals surface area contributed by atoms with Gasteiger partial charge in [-0.2, -0.15) is 0 Å². The molecule has 114 valence electrons. The molecule has 2 heteroatoms. The third kappa shape index (κ3) is 2.89. The minimum absolute atomic E-state index is 0.726. The van der Waals surface area contributed by atoms with Gasteiger partial charge in [-0.15, -0.1) is 0 Å². The molecule has 2 saturated heterocycles. The standard InChI is InChI=1S/C19H28N2/c1-21-17-6-4-7-18(21)12-16(11-17)20-13-15-5-2-3-8-19(15)14-9-10-14/h2-3,5,8,14,16-18,20H,4,6-7,9-13H2,1H3. The summed E-state index contributed by atoms with van der Waals surface area (Å²) in [5.41, 5.74) is 3.15. The first-order valence-corrected chi connectivity index (χ1v) is 8.84. The maximum atomic E-state index is 3.88. The van der Waals surface area contributed by atoms with Gasteiger partial charge in [-0.05, 0) is 62.6 Å². The van der Waals surface area contributed by atoms with Crippen molar-refractivity contribution in [2.45, 2.75) is 75.5 Å². The number of hydrogen-bond acceptors (Lipinski definition) is 2. The first-order valence-electron chi connectivity index (χ1n) is 8.84. The zero-order chi connectivity index (χ0) is 14.2. The third-order valence-corrected chi connectivity index (χ3v) is 5.99. The Labute approximate surface area is 128 Å². The summed E-state index contributed by atoms with van der Waals surface area (Å²) >= 11 is 0. The van der Waals surface area contributed by atoms with E-state index in [1.54, 1.807) is 11.1 Å². The molecule has 2 bridgehead atoms. The lowest BCUT2D eigenvalue weighted by Crippen LogP contribution is -2.54. The summed E-state index contributed by atoms with van der Waals surface area (Å²) in [6.45, 7) is 1.07. The molecule has 0 amide bonds. The molecule has 3 aliphatic rings. The minimum atomic E-state index is 0.726. The van der Waals surface area contributed by atoms with Crippen LogP contribution in [0.3, 0.4) is 0 Å². The number of nitrogens with zero attached hydrogens (tertiary/aromatic N) is 1. The van der Waals surface area contributed by atoms with E-state index >= 15 is 0 Å². The lowest BCUT2D eigenvalue weighted by atomic mass is 9.82. The number of hydrogen-bond donors (Lipinski definition) is 1. The summed E-state index contributed by atoms with van der Waals surface area (Å²) in [7, 11) is 2.34. The Bertz CT molecular complexity index is 480. The molecule has 2 unspecified atom stereocenters. The maximum absolute atomic E-state index is 3.88. The molecule has 0 radical (unpaired) electrons. The average molecular weight is 284 g/mol. The van der Waals surface area contributed by atoms with Crippen LogP contribution < -0.4 is 5.32 Å². The summed E-state index contributed by atoms with van der Waals surface area (Å²) in [5, 5.41) is 3.88. The molecule has 1 aromatic carbocycles. The van der Waals surface area contributed by atoms with Gasteiger partial charge in [0.25, 0.3) is 0 Å². The Balaban J connectivity index is 1.39. The highest BCUT2D eigenvalue weighted by Crippen LogP contribution is 2.41. The quantitative estimate of drug-likeness (QED) is 0.907. The van der Waals surface area contributed by atoms with Gasteiger partial charge in [-0.25, -0.2) is 0 Å². The highest BCUT2D eigenvalue weighted by molar-refractivity contribution is 5.33. The number of piperidine rings is 2. The molecule has 2 heterocycles. The van der Waals surface area contributed by atoms with Crippen LogP contribution in [0.5, 0.6) is 0 Å². The number of rotatable bonds is 4. The van der Waals surface area contributed by atoms with Gasteiger partial charge < -0.3 is 10.2 Å². The van der Waals surface area contributed by atoms with Crippen LogP contribution >= 0.6 is 0 Å². The first kappa shape index (κ1) is 13.8. The zero-order valence-electron chi connectivity index (χ0n) is 13.2. The van der Waals surface area contributed by atoms with E-state index in [0.29, 0.717) is 0 Å². The lowest BCUT2D eigenvalue weighted by molar-refractivity contribution is 0.0482. The van der Waals surface area contributed by atoms with E-state index in [4.69, 9.17) is 0 Å². The van der Waals surface area contributed by atoms with Gasteiger partial charge in [-0.3, -0.25) is 0 Å². The predicted octanol–water partition coefficient (Wildman–Crippen LogP) is 3.67. The molecule has 2 aliphatic heterocycles. The van der Waals surface area contributed by atoms with Crippen LogP contribution in [0.25, 0.3) is 0 Å². The highest BCUT2D eigenvalue weighted by atomic mass is 15.2. The van der Waals surface area contributed by atoms with Gasteiger partial charge in [0.2, 0.25) is 0 Å². The van der Waals surface area contributed by atoms with Crippen LogP contribution in [0, 0.1) is 0 Å². The average Bonchev–Trinajstić information content (AvgIpc) is 3.30. The van der Waals surface area contributed by atoms with Crippen LogP contribution in [0.4, 0.5) is 0 Å². The molecule has 2 nitrogen and oxygen atoms in total. The SMILES string of the molecule is CN1C2CCCC1CC(NCc1ccccc1C1CC1)C2. The van der Waals surface area contributed by atoms with E-state index in [9.17, 15) is 0 Å². The molecule has 0 aromatic heterocycles. The van der Waals surface area contributed by atoms with E-state index in [2.05, 4.69) is 41.5 Å². The van der Waals surface area contributed by atoms with Gasteiger partial charge in [-0.1, -0.05) is 30.7 Å². The molecule has 21 heavy (non-hydrogen) atoms. The Morgan fingerprint density at radius 2 is 1.76 bits per heavy atom. The highest BCUT2D eigenvalue weighted by Gasteiger charge is 2.35. The van der Waals surface area contributed by atoms with Gasteiger partial charge in [0, 0.05) is 24.7 Å². The van der Waals surface area contributed by atoms with Crippen LogP contribution in [0.2, 0.25) is 0 Å². The summed E-state index contributed by atoms with van der Waals surface area (Å²) in [4.78, 5) is 2.65. The second-order valence-corrected chi connectivity index (χ2v) is 7.43. The van der Waals surface area contributed by atoms with Crippen molar-refractivity contribution < 1.29 is 0 Å². The van der Waals surface area contributed by atoms with E-state index in [-0.39, 0.29) is 0 Å². The molecule has 1 N–H and O–H groups in total. The van der Waals surface area contributed by atoms with Crippen molar-refractivity contribution in [1.82, 2.24) is 10.2 Å². The Kier molecular flexibility index (Phi) is 3.76. The molecule has 3 fully saturated rings. The summed E-state index contributed by atoms with van der Waals surface area (Å²) in [6, 6.07) is 11.5. The van der Waals surface area contributed by atoms with Crippen molar-refractivity contribution in [1.29, 1.82) is 0 Å². The number of nitrogens with one attached hydrogen (secondary N) is 1. The molecule has 1 aliphatic carbocycles. The van der Waals surface area contributed by atoms with Crippen LogP contribution in [-0.4, -0.2) is 30.1 Å². The van der Waals surface area contributed by atoms with Crippen molar-refractivity contribution in [3.05, 3.63) is 35.4 Å². The number of benzene rings is 1. The maximum Gasteiger partial charge on any atom is 0.0210 e. The molecule has 1 saturated carbocycles. The lowest BCUT2D eigenvalue weighted by Gasteiger charge is -2.47. The van der Waals surface area contributed by atoms with Gasteiger partial charge in [0.05, 0.1) is 0 Å². The zero-order valence-corrected chi connectivity index (χ0v) is 13.2. The van der Waals surface area contributed by atoms with Crippen LogP contribution in [0.15, 0.2) is 24.3 Å². The molecular formula is C19H28N2. The molecular weight excluding hydrogens is 256 g/mol. The van der Waals surface area contributed by atoms with Crippen LogP contribution in [0.1, 0.15) is 62.0 Å². The van der Waals surface area contributed by atoms with Crippen LogP contribution in [-0.2, 0) is 6.54 Å². The second kappa shape index (κ2) is 5.73. The topological polar surface area (TPSA) is 15.3 Å². The van der Waals surface area contributed by atoms with Gasteiger partial charge in [0.1, 0.15) is 0 Å². The van der Waals surface area contributed by atoms with Crippen molar-refractivity contribution in [3.63, 3.8) is 0 Å². The third-order valence-electron chi connectivity index (χ3n) is 5.99. The molecule has 2 atom stereocenters. The van der Waals surface area contributed by atoms with Crippen molar-refractivity contribution in [2.75, 3.05) is 7.05 Å². The Morgan fingerprint density at radius 3 is 2.48 bits per heavy atom. The predicted molar refractivity (Wildman–Crippen MR) is 87.5 cm³/mol. The summed E-state index contributed by atoms with van der Waals surface area (Å²) < 4.78 is 0. The fraction of sp³-hybridized carbons (Fsp3) is 0.684. The van der Waals surface area contributed by atoms with Gasteiger partial charge in [0.15, 0.2) is 0 Å². The monoisotopic (exact) mass is 284 g/mol. The van der Waals surface area contributed by atoms with E-state index < -0.39 is 0 Å². The fourth-order valence-corrected chi connectivity index (χ4v) is 4.52. The Morgan fingerprint density at radius 1 is 1.05 bits per heavy atom. The van der Waals surface area contributed by atoms with Crippen molar-refractivity contribution >= 4 is 0 Å². The smallest absolute Gasteiger partial charge is 0.0210 e. The van der Waals surface area contributed by atoms with E-state index in [1.165, 1.54) is 44.9 Å². The minimum Gasteiger partial charge on any atom is -0.310 e. The van der Waals surface area contributed by atoms with E-state index in [0.717, 1.165) is 30.6 Å². The molecule has 1 aromatic rings. The van der Waals surface area contributed by atoms with Crippen molar-refractivity contribution in [3.8, 4) is 0 Å². The second-order valence-electron chi connectivity index (χ2n) is 7.43. The Hall–Kier alpha value is -0.860. The number of fused-ring (bicyclic) bond motifs is 2. The summed E-state index contributed by atoms with van der Waals surface area (Å²) in [5.74, 6) is 0.861. The largest absolute Gasteiger partial charge is 0.310 e. The molecule has 0 spiro atoms. The normalized spacial score (nSPS) is 33.1. The molecule has 4 rings (SSSR count).